The number of carbonyl (C=O) groups excluding carboxylic acids is 1. The number of carbonyl (C=O) groups is 1. The molecular formula is C9H13NOS. The molecule has 12 heavy (non-hydrogen) atoms. The Morgan fingerprint density at radius 1 is 1.83 bits per heavy atom. The van der Waals surface area contributed by atoms with Crippen LogP contribution in [0.1, 0.15) is 19.8 Å². The molecule has 0 aliphatic carbocycles. The third-order valence-corrected chi connectivity index (χ3v) is 3.59. The van der Waals surface area contributed by atoms with Gasteiger partial charge in [-0.2, -0.15) is 11.8 Å². The molecule has 1 aliphatic rings. The highest BCUT2D eigenvalue weighted by molar-refractivity contribution is 8.00. The lowest BCUT2D eigenvalue weighted by atomic mass is 10.1. The molecule has 3 heteroatoms. The first kappa shape index (κ1) is 9.47. The molecule has 1 saturated heterocycles. The fraction of sp³-hybridized carbons (Fsp3) is 0.667. The highest BCUT2D eigenvalue weighted by atomic mass is 32.2. The summed E-state index contributed by atoms with van der Waals surface area (Å²) in [6.07, 6.45) is 7.34. The molecule has 1 heterocycles. The predicted octanol–water partition coefficient (Wildman–Crippen LogP) is 1.02. The fourth-order valence-electron chi connectivity index (χ4n) is 1.29. The largest absolute Gasteiger partial charge is 0.344 e. The molecule has 1 unspecified atom stereocenters. The van der Waals surface area contributed by atoms with E-state index in [-0.39, 0.29) is 10.7 Å². The van der Waals surface area contributed by atoms with E-state index >= 15 is 0 Å². The topological polar surface area (TPSA) is 29.1 Å². The van der Waals surface area contributed by atoms with Gasteiger partial charge in [-0.3, -0.25) is 4.79 Å². The van der Waals surface area contributed by atoms with Gasteiger partial charge in [0.05, 0.1) is 0 Å². The molecule has 1 fully saturated rings. The van der Waals surface area contributed by atoms with Crippen LogP contribution in [0, 0.1) is 12.3 Å². The number of hydrogen-bond donors (Lipinski definition) is 1. The van der Waals surface area contributed by atoms with Crippen molar-refractivity contribution < 1.29 is 4.79 Å². The lowest BCUT2D eigenvalue weighted by Crippen LogP contribution is -2.35. The Morgan fingerprint density at radius 2 is 2.58 bits per heavy atom. The Balaban J connectivity index is 2.31. The van der Waals surface area contributed by atoms with Crippen LogP contribution in [0.3, 0.4) is 0 Å². The average molecular weight is 183 g/mol. The summed E-state index contributed by atoms with van der Waals surface area (Å²) in [4.78, 5) is 10.8. The molecule has 0 spiro atoms. The molecule has 0 saturated carbocycles. The summed E-state index contributed by atoms with van der Waals surface area (Å²) in [5, 5.41) is 2.72. The second kappa shape index (κ2) is 3.86. The summed E-state index contributed by atoms with van der Waals surface area (Å²) in [6.45, 7) is 2.86. The van der Waals surface area contributed by atoms with Crippen LogP contribution in [0.25, 0.3) is 0 Å². The molecule has 0 aromatic heterocycles. The summed E-state index contributed by atoms with van der Waals surface area (Å²) in [5.41, 5.74) is 0. The Hall–Kier alpha value is -0.620. The van der Waals surface area contributed by atoms with E-state index in [2.05, 4.69) is 12.2 Å². The van der Waals surface area contributed by atoms with Crippen LogP contribution < -0.4 is 5.32 Å². The molecule has 1 amide bonds. The lowest BCUT2D eigenvalue weighted by Gasteiger charge is -2.21. The van der Waals surface area contributed by atoms with Crippen LogP contribution in [0.2, 0.25) is 0 Å². The van der Waals surface area contributed by atoms with Crippen molar-refractivity contribution in [2.75, 3.05) is 12.3 Å². The van der Waals surface area contributed by atoms with Crippen molar-refractivity contribution in [3.63, 3.8) is 0 Å². The second-order valence-corrected chi connectivity index (χ2v) is 4.91. The maximum atomic E-state index is 10.8. The number of rotatable bonds is 2. The van der Waals surface area contributed by atoms with Gasteiger partial charge in [0.25, 0.3) is 5.91 Å². The van der Waals surface area contributed by atoms with E-state index in [9.17, 15) is 4.79 Å². The van der Waals surface area contributed by atoms with Gasteiger partial charge in [-0.25, -0.2) is 0 Å². The number of terminal acetylenes is 1. The standard InChI is InChI=1S/C9H13NOS/c1-3-8(11)10-7-9(2)5-4-6-12-9/h1H,4-7H2,2H3,(H,10,11). The van der Waals surface area contributed by atoms with Gasteiger partial charge in [0.1, 0.15) is 0 Å². The summed E-state index contributed by atoms with van der Waals surface area (Å²) in [5.74, 6) is 2.94. The van der Waals surface area contributed by atoms with Gasteiger partial charge in [0.15, 0.2) is 0 Å². The minimum absolute atomic E-state index is 0.215. The molecular weight excluding hydrogens is 170 g/mol. The molecule has 1 N–H and O–H groups in total. The highest BCUT2D eigenvalue weighted by Crippen LogP contribution is 2.36. The zero-order chi connectivity index (χ0) is 9.03. The number of hydrogen-bond acceptors (Lipinski definition) is 2. The van der Waals surface area contributed by atoms with E-state index in [1.54, 1.807) is 0 Å². The summed E-state index contributed by atoms with van der Waals surface area (Å²) < 4.78 is 0.215. The Kier molecular flexibility index (Phi) is 3.05. The molecule has 1 aliphatic heterocycles. The van der Waals surface area contributed by atoms with E-state index in [1.165, 1.54) is 18.6 Å². The van der Waals surface area contributed by atoms with Crippen molar-refractivity contribution in [2.24, 2.45) is 0 Å². The molecule has 0 aromatic carbocycles. The third kappa shape index (κ3) is 2.46. The minimum Gasteiger partial charge on any atom is -0.344 e. The van der Waals surface area contributed by atoms with Crippen LogP contribution in [0.4, 0.5) is 0 Å². The van der Waals surface area contributed by atoms with Gasteiger partial charge >= 0.3 is 0 Å². The fourth-order valence-corrected chi connectivity index (χ4v) is 2.54. The molecule has 2 nitrogen and oxygen atoms in total. The van der Waals surface area contributed by atoms with Crippen LogP contribution in [-0.2, 0) is 4.79 Å². The summed E-state index contributed by atoms with van der Waals surface area (Å²) in [6, 6.07) is 0. The number of nitrogens with one attached hydrogen (secondary N) is 1. The van der Waals surface area contributed by atoms with Crippen molar-refractivity contribution in [1.82, 2.24) is 5.32 Å². The van der Waals surface area contributed by atoms with Crippen molar-refractivity contribution >= 4 is 17.7 Å². The molecule has 0 radical (unpaired) electrons. The maximum absolute atomic E-state index is 10.8. The first-order valence-electron chi connectivity index (χ1n) is 4.05. The van der Waals surface area contributed by atoms with E-state index in [0.717, 1.165) is 0 Å². The van der Waals surface area contributed by atoms with Crippen LogP contribution in [-0.4, -0.2) is 23.0 Å². The van der Waals surface area contributed by atoms with Crippen LogP contribution in [0.15, 0.2) is 0 Å². The molecule has 0 aromatic rings. The van der Waals surface area contributed by atoms with Gasteiger partial charge in [-0.1, -0.05) is 0 Å². The van der Waals surface area contributed by atoms with E-state index in [1.807, 2.05) is 17.7 Å². The maximum Gasteiger partial charge on any atom is 0.295 e. The second-order valence-electron chi connectivity index (χ2n) is 3.23. The first-order valence-corrected chi connectivity index (χ1v) is 5.03. The first-order chi connectivity index (χ1) is 5.66. The molecule has 66 valence electrons. The molecule has 0 bridgehead atoms. The molecule has 1 atom stereocenters. The molecule has 1 rings (SSSR count). The Bertz CT molecular complexity index is 213. The van der Waals surface area contributed by atoms with Crippen LogP contribution >= 0.6 is 11.8 Å². The smallest absolute Gasteiger partial charge is 0.295 e. The SMILES string of the molecule is C#CC(=O)NCC1(C)CCCS1. The van der Waals surface area contributed by atoms with Crippen molar-refractivity contribution in [3.8, 4) is 12.3 Å². The van der Waals surface area contributed by atoms with E-state index in [4.69, 9.17) is 6.42 Å². The lowest BCUT2D eigenvalue weighted by molar-refractivity contribution is -0.115. The van der Waals surface area contributed by atoms with Gasteiger partial charge in [-0.15, -0.1) is 6.42 Å². The Morgan fingerprint density at radius 3 is 3.08 bits per heavy atom. The van der Waals surface area contributed by atoms with E-state index < -0.39 is 0 Å². The van der Waals surface area contributed by atoms with Gasteiger partial charge in [0, 0.05) is 11.3 Å². The predicted molar refractivity (Wildman–Crippen MR) is 51.9 cm³/mol. The summed E-state index contributed by atoms with van der Waals surface area (Å²) in [7, 11) is 0. The van der Waals surface area contributed by atoms with Gasteiger partial charge in [0.2, 0.25) is 0 Å². The highest BCUT2D eigenvalue weighted by Gasteiger charge is 2.29. The number of thioether (sulfide) groups is 1. The monoisotopic (exact) mass is 183 g/mol. The van der Waals surface area contributed by atoms with Crippen LogP contribution in [0.5, 0.6) is 0 Å². The van der Waals surface area contributed by atoms with E-state index in [0.29, 0.717) is 6.54 Å². The quantitative estimate of drug-likeness (QED) is 0.648. The van der Waals surface area contributed by atoms with Crippen molar-refractivity contribution in [1.29, 1.82) is 0 Å². The van der Waals surface area contributed by atoms with Gasteiger partial charge in [-0.05, 0) is 31.4 Å². The van der Waals surface area contributed by atoms with Crippen molar-refractivity contribution in [3.05, 3.63) is 0 Å². The minimum atomic E-state index is -0.302. The normalized spacial score (nSPS) is 28.0. The Labute approximate surface area is 77.5 Å². The zero-order valence-corrected chi connectivity index (χ0v) is 8.04. The third-order valence-electron chi connectivity index (χ3n) is 2.05. The zero-order valence-electron chi connectivity index (χ0n) is 7.22. The average Bonchev–Trinajstić information content (AvgIpc) is 2.49. The summed E-state index contributed by atoms with van der Waals surface area (Å²) >= 11 is 1.91. The number of amides is 1. The van der Waals surface area contributed by atoms with Crippen molar-refractivity contribution in [2.45, 2.75) is 24.5 Å². The van der Waals surface area contributed by atoms with Gasteiger partial charge < -0.3 is 5.32 Å².